The molecule has 1 aromatic rings. The maximum atomic E-state index is 12.2. The van der Waals surface area contributed by atoms with Crippen molar-refractivity contribution in [3.8, 4) is 0 Å². The molecule has 0 unspecified atom stereocenters. The van der Waals surface area contributed by atoms with Gasteiger partial charge < -0.3 is 14.9 Å². The highest BCUT2D eigenvalue weighted by Crippen LogP contribution is 2.27. The van der Waals surface area contributed by atoms with Crippen molar-refractivity contribution < 1.29 is 19.5 Å². The van der Waals surface area contributed by atoms with Crippen LogP contribution >= 0.6 is 11.6 Å². The number of carboxylic acid groups (broad SMARTS) is 1. The molecular formula is C14H15ClN2O4. The number of hydrogen-bond donors (Lipinski definition) is 1. The van der Waals surface area contributed by atoms with Gasteiger partial charge in [0.1, 0.15) is 6.54 Å². The number of nitrogens with zero attached hydrogens (tertiary/aromatic N) is 2. The number of halogens is 1. The van der Waals surface area contributed by atoms with Crippen LogP contribution in [0, 0.1) is 0 Å². The summed E-state index contributed by atoms with van der Waals surface area (Å²) in [6.45, 7) is 0.196. The van der Waals surface area contributed by atoms with Gasteiger partial charge in [-0.3, -0.25) is 14.4 Å². The molecule has 6 nitrogen and oxygen atoms in total. The van der Waals surface area contributed by atoms with Crippen molar-refractivity contribution in [3.63, 3.8) is 0 Å². The predicted octanol–water partition coefficient (Wildman–Crippen LogP) is 1.62. The standard InChI is InChI=1S/C14H15ClN2O4/c1-16(8-13(19)20)14(21)10-7-9(4-5-11(10)15)17-6-2-3-12(17)18/h4-5,7H,2-3,6,8H2,1H3,(H,19,20). The lowest BCUT2D eigenvalue weighted by Crippen LogP contribution is -2.32. The Labute approximate surface area is 126 Å². The minimum absolute atomic E-state index is 0.00890. The second-order valence-electron chi connectivity index (χ2n) is 4.87. The molecule has 0 aromatic heterocycles. The molecule has 0 radical (unpaired) electrons. The Morgan fingerprint density at radius 2 is 2.14 bits per heavy atom. The van der Waals surface area contributed by atoms with Crippen LogP contribution in [0.4, 0.5) is 5.69 Å². The van der Waals surface area contributed by atoms with Crippen LogP contribution in [0.25, 0.3) is 0 Å². The molecule has 0 bridgehead atoms. The fourth-order valence-electron chi connectivity index (χ4n) is 2.25. The lowest BCUT2D eigenvalue weighted by molar-refractivity contribution is -0.137. The maximum absolute atomic E-state index is 12.2. The molecular weight excluding hydrogens is 296 g/mol. The Kier molecular flexibility index (Phi) is 4.47. The van der Waals surface area contributed by atoms with Gasteiger partial charge in [-0.25, -0.2) is 0 Å². The van der Waals surface area contributed by atoms with E-state index in [-0.39, 0.29) is 16.5 Å². The van der Waals surface area contributed by atoms with Crippen LogP contribution in [-0.2, 0) is 9.59 Å². The van der Waals surface area contributed by atoms with E-state index in [1.54, 1.807) is 17.0 Å². The van der Waals surface area contributed by atoms with Gasteiger partial charge in [0, 0.05) is 25.7 Å². The zero-order valence-corrected chi connectivity index (χ0v) is 12.3. The van der Waals surface area contributed by atoms with Gasteiger partial charge >= 0.3 is 5.97 Å². The van der Waals surface area contributed by atoms with E-state index < -0.39 is 18.4 Å². The van der Waals surface area contributed by atoms with Gasteiger partial charge in [0.15, 0.2) is 0 Å². The van der Waals surface area contributed by atoms with Gasteiger partial charge in [-0.1, -0.05) is 11.6 Å². The highest BCUT2D eigenvalue weighted by atomic mass is 35.5. The molecule has 1 aromatic carbocycles. The monoisotopic (exact) mass is 310 g/mol. The summed E-state index contributed by atoms with van der Waals surface area (Å²) in [5.41, 5.74) is 0.798. The molecule has 2 amide bonds. The predicted molar refractivity (Wildman–Crippen MR) is 77.6 cm³/mol. The Morgan fingerprint density at radius 1 is 1.43 bits per heavy atom. The van der Waals surface area contributed by atoms with Crippen LogP contribution in [0.1, 0.15) is 23.2 Å². The SMILES string of the molecule is CN(CC(=O)O)C(=O)c1cc(N2CCCC2=O)ccc1Cl. The fourth-order valence-corrected chi connectivity index (χ4v) is 2.44. The van der Waals surface area contributed by atoms with Gasteiger partial charge in [0.2, 0.25) is 5.91 Å². The Hall–Kier alpha value is -2.08. The van der Waals surface area contributed by atoms with Crippen molar-refractivity contribution in [1.82, 2.24) is 4.90 Å². The summed E-state index contributed by atoms with van der Waals surface area (Å²) in [5, 5.41) is 8.96. The summed E-state index contributed by atoms with van der Waals surface area (Å²) in [4.78, 5) is 37.3. The van der Waals surface area contributed by atoms with Crippen molar-refractivity contribution in [1.29, 1.82) is 0 Å². The molecule has 1 fully saturated rings. The average Bonchev–Trinajstić information content (AvgIpc) is 2.84. The molecule has 1 saturated heterocycles. The summed E-state index contributed by atoms with van der Waals surface area (Å²) in [6.07, 6.45) is 1.27. The first-order valence-corrected chi connectivity index (χ1v) is 6.85. The van der Waals surface area contributed by atoms with Gasteiger partial charge in [0.25, 0.3) is 5.91 Å². The molecule has 112 valence electrons. The summed E-state index contributed by atoms with van der Waals surface area (Å²) >= 11 is 6.02. The summed E-state index contributed by atoms with van der Waals surface area (Å²) in [7, 11) is 1.39. The van der Waals surface area contributed by atoms with Crippen molar-refractivity contribution >= 4 is 35.1 Å². The number of carbonyl (C=O) groups is 3. The second-order valence-corrected chi connectivity index (χ2v) is 5.28. The number of carbonyl (C=O) groups excluding carboxylic acids is 2. The third-order valence-electron chi connectivity index (χ3n) is 3.28. The lowest BCUT2D eigenvalue weighted by atomic mass is 10.1. The van der Waals surface area contributed by atoms with Crippen molar-refractivity contribution in [3.05, 3.63) is 28.8 Å². The van der Waals surface area contributed by atoms with Crippen LogP contribution in [-0.4, -0.2) is 47.9 Å². The highest BCUT2D eigenvalue weighted by Gasteiger charge is 2.24. The largest absolute Gasteiger partial charge is 0.480 e. The first kappa shape index (κ1) is 15.3. The van der Waals surface area contributed by atoms with Crippen LogP contribution in [0.3, 0.4) is 0 Å². The van der Waals surface area contributed by atoms with E-state index in [2.05, 4.69) is 0 Å². The number of benzene rings is 1. The third kappa shape index (κ3) is 3.33. The van der Waals surface area contributed by atoms with Crippen LogP contribution in [0.2, 0.25) is 5.02 Å². The van der Waals surface area contributed by atoms with E-state index in [9.17, 15) is 14.4 Å². The van der Waals surface area contributed by atoms with E-state index in [1.165, 1.54) is 13.1 Å². The van der Waals surface area contributed by atoms with Crippen LogP contribution in [0.15, 0.2) is 18.2 Å². The quantitative estimate of drug-likeness (QED) is 0.916. The van der Waals surface area contributed by atoms with E-state index in [0.29, 0.717) is 18.7 Å². The molecule has 0 spiro atoms. The number of carboxylic acids is 1. The summed E-state index contributed by atoms with van der Waals surface area (Å²) in [6, 6.07) is 4.76. The minimum Gasteiger partial charge on any atom is -0.480 e. The molecule has 1 heterocycles. The number of hydrogen-bond acceptors (Lipinski definition) is 3. The maximum Gasteiger partial charge on any atom is 0.323 e. The fraction of sp³-hybridized carbons (Fsp3) is 0.357. The zero-order valence-electron chi connectivity index (χ0n) is 11.5. The third-order valence-corrected chi connectivity index (χ3v) is 3.61. The van der Waals surface area contributed by atoms with Crippen molar-refractivity contribution in [2.24, 2.45) is 0 Å². The lowest BCUT2D eigenvalue weighted by Gasteiger charge is -2.19. The first-order chi connectivity index (χ1) is 9.90. The number of likely N-dealkylation sites (N-methyl/N-ethyl adjacent to an activating group) is 1. The van der Waals surface area contributed by atoms with E-state index >= 15 is 0 Å². The molecule has 1 aliphatic rings. The molecule has 2 rings (SSSR count). The normalized spacial score (nSPS) is 14.4. The molecule has 1 aliphatic heterocycles. The topological polar surface area (TPSA) is 77.9 Å². The average molecular weight is 311 g/mol. The van der Waals surface area contributed by atoms with E-state index in [0.717, 1.165) is 11.3 Å². The first-order valence-electron chi connectivity index (χ1n) is 6.47. The van der Waals surface area contributed by atoms with Gasteiger partial charge in [-0.2, -0.15) is 0 Å². The van der Waals surface area contributed by atoms with Crippen LogP contribution in [0.5, 0.6) is 0 Å². The number of rotatable bonds is 4. The number of amides is 2. The molecule has 1 N–H and O–H groups in total. The number of anilines is 1. The number of aliphatic carboxylic acids is 1. The van der Waals surface area contributed by atoms with Crippen LogP contribution < -0.4 is 4.90 Å². The minimum atomic E-state index is -1.10. The Balaban J connectivity index is 2.28. The Morgan fingerprint density at radius 3 is 2.71 bits per heavy atom. The van der Waals surface area contributed by atoms with Crippen molar-refractivity contribution in [2.45, 2.75) is 12.8 Å². The van der Waals surface area contributed by atoms with E-state index in [4.69, 9.17) is 16.7 Å². The van der Waals surface area contributed by atoms with Crippen molar-refractivity contribution in [2.75, 3.05) is 25.0 Å². The zero-order chi connectivity index (χ0) is 15.6. The summed E-state index contributed by atoms with van der Waals surface area (Å²) < 4.78 is 0. The smallest absolute Gasteiger partial charge is 0.323 e. The van der Waals surface area contributed by atoms with Gasteiger partial charge in [0.05, 0.1) is 10.6 Å². The Bertz CT molecular complexity index is 603. The molecule has 7 heteroatoms. The summed E-state index contributed by atoms with van der Waals surface area (Å²) in [5.74, 6) is -1.58. The molecule has 0 saturated carbocycles. The van der Waals surface area contributed by atoms with E-state index in [1.807, 2.05) is 0 Å². The molecule has 0 atom stereocenters. The highest BCUT2D eigenvalue weighted by molar-refractivity contribution is 6.34. The molecule has 0 aliphatic carbocycles. The molecule has 21 heavy (non-hydrogen) atoms. The van der Waals surface area contributed by atoms with Gasteiger partial charge in [-0.05, 0) is 24.6 Å². The van der Waals surface area contributed by atoms with Gasteiger partial charge in [-0.15, -0.1) is 0 Å². The second kappa shape index (κ2) is 6.13.